The maximum atomic E-state index is 14.4. The highest BCUT2D eigenvalue weighted by Crippen LogP contribution is 2.39. The van der Waals surface area contributed by atoms with Gasteiger partial charge in [0.25, 0.3) is 0 Å². The average Bonchev–Trinajstić information content (AvgIpc) is 2.75. The first-order valence-electron chi connectivity index (χ1n) is 9.97. The molecule has 4 rings (SSSR count). The van der Waals surface area contributed by atoms with Crippen LogP contribution in [0.25, 0.3) is 22.3 Å². The Balaban J connectivity index is 1.70. The van der Waals surface area contributed by atoms with Crippen molar-refractivity contribution in [3.8, 4) is 28.0 Å². The molecular weight excluding hydrogens is 395 g/mol. The number of benzene rings is 2. The van der Waals surface area contributed by atoms with Crippen LogP contribution in [0.5, 0.6) is 5.75 Å². The number of carbonyl (C=O) groups excluding carboxylic acids is 1. The predicted molar refractivity (Wildman–Crippen MR) is 120 cm³/mol. The van der Waals surface area contributed by atoms with Gasteiger partial charge in [-0.2, -0.15) is 0 Å². The zero-order valence-corrected chi connectivity index (χ0v) is 17.3. The third-order valence-corrected chi connectivity index (χ3v) is 5.08. The monoisotopic (exact) mass is 418 g/mol. The summed E-state index contributed by atoms with van der Waals surface area (Å²) in [7, 11) is 0. The number of halogens is 1. The van der Waals surface area contributed by atoms with Gasteiger partial charge < -0.3 is 20.6 Å². The molecule has 0 atom stereocenters. The van der Waals surface area contributed by atoms with E-state index in [1.807, 2.05) is 37.4 Å². The lowest BCUT2D eigenvalue weighted by Gasteiger charge is -2.26. The Labute approximate surface area is 180 Å². The second kappa shape index (κ2) is 8.47. The van der Waals surface area contributed by atoms with Gasteiger partial charge in [0.05, 0.1) is 5.69 Å². The molecule has 0 spiro atoms. The Morgan fingerprint density at radius 1 is 1.16 bits per heavy atom. The fourth-order valence-corrected chi connectivity index (χ4v) is 3.62. The number of phenols is 1. The van der Waals surface area contributed by atoms with Gasteiger partial charge in [-0.05, 0) is 42.3 Å². The molecule has 3 N–H and O–H groups in total. The molecule has 7 heteroatoms. The van der Waals surface area contributed by atoms with Crippen LogP contribution in [0.1, 0.15) is 13.8 Å². The number of para-hydroxylation sites is 1. The van der Waals surface area contributed by atoms with E-state index < -0.39 is 5.82 Å². The number of phenolic OH excluding ortho intramolecular Hbond substituents is 1. The van der Waals surface area contributed by atoms with Crippen molar-refractivity contribution in [2.75, 3.05) is 23.3 Å². The first kappa shape index (κ1) is 20.4. The molecule has 31 heavy (non-hydrogen) atoms. The number of anilines is 2. The van der Waals surface area contributed by atoms with Crippen molar-refractivity contribution >= 4 is 17.4 Å². The van der Waals surface area contributed by atoms with E-state index in [0.29, 0.717) is 16.7 Å². The van der Waals surface area contributed by atoms with Crippen LogP contribution < -0.4 is 15.5 Å². The molecule has 2 heterocycles. The quantitative estimate of drug-likeness (QED) is 0.582. The van der Waals surface area contributed by atoms with Gasteiger partial charge in [-0.25, -0.2) is 9.37 Å². The molecule has 0 saturated heterocycles. The number of aromatic nitrogens is 1. The molecule has 3 aromatic rings. The van der Waals surface area contributed by atoms with Gasteiger partial charge in [0.1, 0.15) is 17.4 Å². The summed E-state index contributed by atoms with van der Waals surface area (Å²) < 4.78 is 14.4. The number of allylic oxidation sites excluding steroid dienone is 1. The van der Waals surface area contributed by atoms with Gasteiger partial charge in [0, 0.05) is 49.2 Å². The van der Waals surface area contributed by atoms with E-state index in [0.717, 1.165) is 30.2 Å². The number of nitrogens with one attached hydrogen (secondary N) is 2. The van der Waals surface area contributed by atoms with Gasteiger partial charge >= 0.3 is 0 Å². The molecule has 1 aromatic heterocycles. The summed E-state index contributed by atoms with van der Waals surface area (Å²) in [6, 6.07) is 13.6. The van der Waals surface area contributed by atoms with Crippen molar-refractivity contribution in [3.63, 3.8) is 0 Å². The standard InChI is InChI=1S/C24H23FN4O2/c1-15-14-29(11-10-26-15)23-13-18(8-9-27-23)20-5-3-4-19(24(20)31)17-6-7-22(21(25)12-17)28-16(2)30/h3-9,12-14,26,31H,10-11H2,1-2H3,(H,28,30). The summed E-state index contributed by atoms with van der Waals surface area (Å²) in [5, 5.41) is 16.7. The average molecular weight is 418 g/mol. The zero-order valence-electron chi connectivity index (χ0n) is 17.3. The number of hydrogen-bond acceptors (Lipinski definition) is 5. The van der Waals surface area contributed by atoms with Gasteiger partial charge in [-0.15, -0.1) is 0 Å². The molecule has 1 aliphatic rings. The lowest BCUT2D eigenvalue weighted by atomic mass is 9.97. The van der Waals surface area contributed by atoms with Crippen molar-refractivity contribution in [1.82, 2.24) is 10.3 Å². The normalized spacial score (nSPS) is 13.4. The van der Waals surface area contributed by atoms with Gasteiger partial charge in [0.15, 0.2) is 0 Å². The second-order valence-electron chi connectivity index (χ2n) is 7.41. The topological polar surface area (TPSA) is 77.5 Å². The summed E-state index contributed by atoms with van der Waals surface area (Å²) in [6.07, 6.45) is 3.72. The number of aromatic hydroxyl groups is 1. The number of carbonyl (C=O) groups is 1. The fourth-order valence-electron chi connectivity index (χ4n) is 3.62. The molecule has 2 aromatic carbocycles. The van der Waals surface area contributed by atoms with E-state index >= 15 is 0 Å². The van der Waals surface area contributed by atoms with Gasteiger partial charge in [-0.3, -0.25) is 4.79 Å². The second-order valence-corrected chi connectivity index (χ2v) is 7.41. The highest BCUT2D eigenvalue weighted by molar-refractivity contribution is 5.89. The molecular formula is C24H23FN4O2. The summed E-state index contributed by atoms with van der Waals surface area (Å²) in [5.41, 5.74) is 3.62. The molecule has 158 valence electrons. The first-order valence-corrected chi connectivity index (χ1v) is 9.97. The number of rotatable bonds is 4. The molecule has 0 unspecified atom stereocenters. The minimum atomic E-state index is -0.565. The number of nitrogens with zero attached hydrogens (tertiary/aromatic N) is 2. The lowest BCUT2D eigenvalue weighted by molar-refractivity contribution is -0.114. The Bertz CT molecular complexity index is 1180. The minimum Gasteiger partial charge on any atom is -0.507 e. The van der Waals surface area contributed by atoms with Crippen LogP contribution in [0.2, 0.25) is 0 Å². The third kappa shape index (κ3) is 4.35. The van der Waals surface area contributed by atoms with E-state index in [4.69, 9.17) is 0 Å². The molecule has 0 saturated carbocycles. The number of pyridine rings is 1. The minimum absolute atomic E-state index is 0.0540. The van der Waals surface area contributed by atoms with Gasteiger partial charge in [-0.1, -0.05) is 24.3 Å². The number of hydrogen-bond donors (Lipinski definition) is 3. The predicted octanol–water partition coefficient (Wildman–Crippen LogP) is 4.49. The van der Waals surface area contributed by atoms with Crippen molar-refractivity contribution in [2.24, 2.45) is 0 Å². The van der Waals surface area contributed by atoms with E-state index in [9.17, 15) is 14.3 Å². The first-order chi connectivity index (χ1) is 14.9. The van der Waals surface area contributed by atoms with E-state index in [-0.39, 0.29) is 17.3 Å². The summed E-state index contributed by atoms with van der Waals surface area (Å²) in [5.74, 6) is -0.0729. The highest BCUT2D eigenvalue weighted by Gasteiger charge is 2.15. The largest absolute Gasteiger partial charge is 0.507 e. The summed E-state index contributed by atoms with van der Waals surface area (Å²) in [4.78, 5) is 17.7. The van der Waals surface area contributed by atoms with Crippen LogP contribution in [0.15, 0.2) is 66.6 Å². The maximum Gasteiger partial charge on any atom is 0.221 e. The Morgan fingerprint density at radius 3 is 2.58 bits per heavy atom. The Hall–Kier alpha value is -3.87. The van der Waals surface area contributed by atoms with Gasteiger partial charge in [0.2, 0.25) is 5.91 Å². The molecule has 6 nitrogen and oxygen atoms in total. The SMILES string of the molecule is CC(=O)Nc1ccc(-c2cccc(-c3ccnc(N4C=C(C)NCC4)c3)c2O)cc1F. The van der Waals surface area contributed by atoms with E-state index in [1.54, 1.807) is 18.3 Å². The van der Waals surface area contributed by atoms with Crippen molar-refractivity contribution in [3.05, 3.63) is 72.4 Å². The molecule has 0 radical (unpaired) electrons. The molecule has 0 aliphatic carbocycles. The van der Waals surface area contributed by atoms with E-state index in [1.165, 1.54) is 19.1 Å². The van der Waals surface area contributed by atoms with Crippen LogP contribution >= 0.6 is 0 Å². The van der Waals surface area contributed by atoms with E-state index in [2.05, 4.69) is 20.5 Å². The molecule has 1 aliphatic heterocycles. The van der Waals surface area contributed by atoms with Crippen molar-refractivity contribution < 1.29 is 14.3 Å². The molecule has 1 amide bonds. The van der Waals surface area contributed by atoms with Crippen LogP contribution in [-0.2, 0) is 4.79 Å². The van der Waals surface area contributed by atoms with Crippen molar-refractivity contribution in [1.29, 1.82) is 0 Å². The summed E-state index contributed by atoms with van der Waals surface area (Å²) >= 11 is 0. The van der Waals surface area contributed by atoms with Crippen LogP contribution in [0.3, 0.4) is 0 Å². The third-order valence-electron chi connectivity index (χ3n) is 5.08. The summed E-state index contributed by atoms with van der Waals surface area (Å²) in [6.45, 7) is 4.94. The number of amides is 1. The molecule has 0 fully saturated rings. The molecule has 0 bridgehead atoms. The lowest BCUT2D eigenvalue weighted by Crippen LogP contribution is -2.34. The maximum absolute atomic E-state index is 14.4. The highest BCUT2D eigenvalue weighted by atomic mass is 19.1. The smallest absolute Gasteiger partial charge is 0.221 e. The fraction of sp³-hybridized carbons (Fsp3) is 0.167. The van der Waals surface area contributed by atoms with Crippen LogP contribution in [0, 0.1) is 5.82 Å². The van der Waals surface area contributed by atoms with Crippen LogP contribution in [0.4, 0.5) is 15.9 Å². The van der Waals surface area contributed by atoms with Crippen molar-refractivity contribution in [2.45, 2.75) is 13.8 Å². The Morgan fingerprint density at radius 2 is 1.90 bits per heavy atom. The zero-order chi connectivity index (χ0) is 22.0. The van der Waals surface area contributed by atoms with Crippen LogP contribution in [-0.4, -0.2) is 29.1 Å². The Kier molecular flexibility index (Phi) is 5.58.